The molecule has 0 saturated carbocycles. The van der Waals surface area contributed by atoms with E-state index in [9.17, 15) is 0 Å². The van der Waals surface area contributed by atoms with Crippen LogP contribution in [0.1, 0.15) is 0 Å². The van der Waals surface area contributed by atoms with Gasteiger partial charge in [-0.2, -0.15) is 0 Å². The number of benzene rings is 4. The maximum Gasteiger partial charge on any atom is 0.182 e. The lowest BCUT2D eigenvalue weighted by molar-refractivity contribution is 0.812. The van der Waals surface area contributed by atoms with Crippen LogP contribution in [0.4, 0.5) is 0 Å². The van der Waals surface area contributed by atoms with Gasteiger partial charge in [-0.15, -0.1) is 0 Å². The molecule has 0 aromatic heterocycles. The van der Waals surface area contributed by atoms with E-state index in [1.165, 1.54) is 20.7 Å². The van der Waals surface area contributed by atoms with E-state index in [2.05, 4.69) is 139 Å². The SMILES string of the molecule is CN([SiH](c1ccccc1)c1ccccc1)[Si](C)(c1ccccc1)c1ccccc1. The first-order valence-electron chi connectivity index (χ1n) is 10.1. The van der Waals surface area contributed by atoms with Crippen molar-refractivity contribution >= 4 is 37.9 Å². The van der Waals surface area contributed by atoms with Crippen LogP contribution in [0.15, 0.2) is 121 Å². The summed E-state index contributed by atoms with van der Waals surface area (Å²) in [5.41, 5.74) is 0. The van der Waals surface area contributed by atoms with Gasteiger partial charge >= 0.3 is 0 Å². The van der Waals surface area contributed by atoms with Crippen LogP contribution in [-0.4, -0.2) is 28.5 Å². The third-order valence-corrected chi connectivity index (χ3v) is 15.5. The van der Waals surface area contributed by atoms with E-state index in [1.807, 2.05) is 0 Å². The second kappa shape index (κ2) is 8.74. The molecule has 0 bridgehead atoms. The molecule has 4 aromatic rings. The summed E-state index contributed by atoms with van der Waals surface area (Å²) < 4.78 is 2.78. The second-order valence-electron chi connectivity index (χ2n) is 7.64. The molecule has 0 radical (unpaired) electrons. The standard InChI is InChI=1S/C26H27NSi2/c1-27(28(23-15-7-3-8-16-23)24-17-9-4-10-18-24)29(2,25-19-11-5-12-20-25)26-21-13-6-14-22-26/h3-22,28H,1-2H3. The molecular formula is C26H27NSi2. The Hall–Kier alpha value is -2.73. The molecule has 0 atom stereocenters. The fourth-order valence-electron chi connectivity index (χ4n) is 4.27. The molecule has 0 saturated heterocycles. The Balaban J connectivity index is 1.91. The van der Waals surface area contributed by atoms with Crippen molar-refractivity contribution in [1.82, 2.24) is 4.23 Å². The molecule has 0 unspecified atom stereocenters. The summed E-state index contributed by atoms with van der Waals surface area (Å²) in [5, 5.41) is 5.84. The lowest BCUT2D eigenvalue weighted by Gasteiger charge is -2.43. The summed E-state index contributed by atoms with van der Waals surface area (Å²) in [4.78, 5) is 0. The minimum Gasteiger partial charge on any atom is -0.337 e. The molecule has 4 rings (SSSR count). The predicted octanol–water partition coefficient (Wildman–Crippen LogP) is 2.85. The van der Waals surface area contributed by atoms with Crippen molar-refractivity contribution in [2.24, 2.45) is 0 Å². The van der Waals surface area contributed by atoms with Gasteiger partial charge in [0.15, 0.2) is 17.2 Å². The van der Waals surface area contributed by atoms with Crippen LogP contribution in [0.3, 0.4) is 0 Å². The fourth-order valence-corrected chi connectivity index (χ4v) is 13.4. The zero-order valence-electron chi connectivity index (χ0n) is 17.1. The normalized spacial score (nSPS) is 11.7. The van der Waals surface area contributed by atoms with Crippen LogP contribution in [0.5, 0.6) is 0 Å². The second-order valence-corrected chi connectivity index (χ2v) is 15.1. The quantitative estimate of drug-likeness (QED) is 0.443. The van der Waals surface area contributed by atoms with Crippen LogP contribution >= 0.6 is 0 Å². The highest BCUT2D eigenvalue weighted by molar-refractivity contribution is 7.06. The van der Waals surface area contributed by atoms with Crippen LogP contribution in [-0.2, 0) is 0 Å². The van der Waals surface area contributed by atoms with Gasteiger partial charge in [-0.25, -0.2) is 0 Å². The first kappa shape index (κ1) is 19.6. The van der Waals surface area contributed by atoms with E-state index < -0.39 is 17.2 Å². The summed E-state index contributed by atoms with van der Waals surface area (Å²) >= 11 is 0. The highest BCUT2D eigenvalue weighted by atomic mass is 28.4. The van der Waals surface area contributed by atoms with E-state index >= 15 is 0 Å². The summed E-state index contributed by atoms with van der Waals surface area (Å²) in [6.45, 7) is 2.50. The lowest BCUT2D eigenvalue weighted by Crippen LogP contribution is -2.74. The number of hydrogen-bond donors (Lipinski definition) is 0. The van der Waals surface area contributed by atoms with Gasteiger partial charge in [-0.1, -0.05) is 121 Å². The van der Waals surface area contributed by atoms with Gasteiger partial charge in [0.05, 0.1) is 0 Å². The molecule has 4 aromatic carbocycles. The molecule has 0 aliphatic rings. The van der Waals surface area contributed by atoms with E-state index in [1.54, 1.807) is 0 Å². The van der Waals surface area contributed by atoms with Gasteiger partial charge in [0.1, 0.15) is 0 Å². The first-order chi connectivity index (χ1) is 14.2. The van der Waals surface area contributed by atoms with Gasteiger partial charge in [0, 0.05) is 0 Å². The molecule has 0 heterocycles. The zero-order chi connectivity index (χ0) is 20.1. The third kappa shape index (κ3) is 3.90. The Kier molecular flexibility index (Phi) is 5.90. The molecule has 0 N–H and O–H groups in total. The average Bonchev–Trinajstić information content (AvgIpc) is 2.81. The van der Waals surface area contributed by atoms with Crippen LogP contribution in [0, 0.1) is 0 Å². The highest BCUT2D eigenvalue weighted by Gasteiger charge is 2.41. The van der Waals surface area contributed by atoms with Crippen LogP contribution < -0.4 is 20.7 Å². The van der Waals surface area contributed by atoms with Gasteiger partial charge in [-0.3, -0.25) is 0 Å². The van der Waals surface area contributed by atoms with E-state index in [0.29, 0.717) is 0 Å². The van der Waals surface area contributed by atoms with Gasteiger partial charge in [-0.05, 0) is 34.3 Å². The van der Waals surface area contributed by atoms with Crippen molar-refractivity contribution in [1.29, 1.82) is 0 Å². The molecule has 0 aliphatic heterocycles. The largest absolute Gasteiger partial charge is 0.337 e. The summed E-state index contributed by atoms with van der Waals surface area (Å²) in [5.74, 6) is 0. The van der Waals surface area contributed by atoms with E-state index in [4.69, 9.17) is 0 Å². The van der Waals surface area contributed by atoms with Crippen molar-refractivity contribution in [3.63, 3.8) is 0 Å². The minimum atomic E-state index is -2.14. The fraction of sp³-hybridized carbons (Fsp3) is 0.0769. The maximum atomic E-state index is 2.78. The first-order valence-corrected chi connectivity index (χ1v) is 14.3. The molecule has 0 aliphatic carbocycles. The Labute approximate surface area is 177 Å². The Morgan fingerprint density at radius 3 is 1.17 bits per heavy atom. The lowest BCUT2D eigenvalue weighted by atomic mass is 10.4. The molecule has 1 nitrogen and oxygen atoms in total. The smallest absolute Gasteiger partial charge is 0.182 e. The summed E-state index contributed by atoms with van der Waals surface area (Å²) in [7, 11) is -1.39. The van der Waals surface area contributed by atoms with Crippen molar-refractivity contribution in [2.45, 2.75) is 6.55 Å². The monoisotopic (exact) mass is 409 g/mol. The molecular weight excluding hydrogens is 382 g/mol. The predicted molar refractivity (Wildman–Crippen MR) is 131 cm³/mol. The van der Waals surface area contributed by atoms with E-state index in [0.717, 1.165) is 0 Å². The summed E-state index contributed by atoms with van der Waals surface area (Å²) in [6.07, 6.45) is 0. The number of hydrogen-bond acceptors (Lipinski definition) is 1. The third-order valence-electron chi connectivity index (χ3n) is 6.00. The molecule has 0 amide bonds. The van der Waals surface area contributed by atoms with Crippen molar-refractivity contribution in [3.05, 3.63) is 121 Å². The van der Waals surface area contributed by atoms with Gasteiger partial charge in [0.2, 0.25) is 0 Å². The van der Waals surface area contributed by atoms with Gasteiger partial charge in [0.25, 0.3) is 0 Å². The highest BCUT2D eigenvalue weighted by Crippen LogP contribution is 2.13. The Morgan fingerprint density at radius 2 is 0.828 bits per heavy atom. The van der Waals surface area contributed by atoms with Crippen molar-refractivity contribution in [3.8, 4) is 0 Å². The molecule has 0 spiro atoms. The van der Waals surface area contributed by atoms with E-state index in [-0.39, 0.29) is 0 Å². The minimum absolute atomic E-state index is 1.46. The zero-order valence-corrected chi connectivity index (χ0v) is 19.2. The topological polar surface area (TPSA) is 3.24 Å². The Morgan fingerprint density at radius 1 is 0.517 bits per heavy atom. The molecule has 3 heteroatoms. The van der Waals surface area contributed by atoms with Crippen molar-refractivity contribution in [2.75, 3.05) is 7.05 Å². The number of nitrogens with zero attached hydrogens (tertiary/aromatic N) is 1. The molecule has 144 valence electrons. The maximum absolute atomic E-state index is 2.78. The molecule has 29 heavy (non-hydrogen) atoms. The summed E-state index contributed by atoms with van der Waals surface area (Å²) in [6, 6.07) is 44.4. The average molecular weight is 410 g/mol. The van der Waals surface area contributed by atoms with Crippen molar-refractivity contribution < 1.29 is 0 Å². The number of rotatable bonds is 6. The molecule has 0 fully saturated rings. The van der Waals surface area contributed by atoms with Crippen LogP contribution in [0.2, 0.25) is 6.55 Å². The van der Waals surface area contributed by atoms with Crippen LogP contribution in [0.25, 0.3) is 0 Å². The van der Waals surface area contributed by atoms with Gasteiger partial charge < -0.3 is 4.23 Å². The Bertz CT molecular complexity index is 942.